The van der Waals surface area contributed by atoms with Crippen molar-refractivity contribution in [1.82, 2.24) is 4.90 Å². The Labute approximate surface area is 106 Å². The van der Waals surface area contributed by atoms with Gasteiger partial charge in [-0.25, -0.2) is 8.42 Å². The summed E-state index contributed by atoms with van der Waals surface area (Å²) < 4.78 is 22.9. The molecule has 7 heteroatoms. The van der Waals surface area contributed by atoms with Crippen molar-refractivity contribution >= 4 is 32.7 Å². The van der Waals surface area contributed by atoms with E-state index in [1.807, 2.05) is 18.9 Å². The van der Waals surface area contributed by atoms with Crippen LogP contribution in [0.4, 0.5) is 0 Å². The van der Waals surface area contributed by atoms with Gasteiger partial charge in [0.25, 0.3) is 0 Å². The lowest BCUT2D eigenvalue weighted by molar-refractivity contribution is -0.117. The van der Waals surface area contributed by atoms with Gasteiger partial charge in [0.1, 0.15) is 0 Å². The molecule has 0 aromatic carbocycles. The van der Waals surface area contributed by atoms with Gasteiger partial charge in [-0.1, -0.05) is 18.7 Å². The Balaban J connectivity index is 2.10. The highest BCUT2D eigenvalue weighted by Gasteiger charge is 2.47. The third-order valence-electron chi connectivity index (χ3n) is 3.01. The van der Waals surface area contributed by atoms with Crippen LogP contribution in [0.1, 0.15) is 19.8 Å². The number of hydrogen-bond donors (Lipinski definition) is 0. The molecule has 2 saturated heterocycles. The number of sulfone groups is 1. The molecule has 0 aromatic heterocycles. The molecule has 1 amide bonds. The Morgan fingerprint density at radius 3 is 2.82 bits per heavy atom. The van der Waals surface area contributed by atoms with Crippen molar-refractivity contribution in [1.29, 1.82) is 0 Å². The van der Waals surface area contributed by atoms with Crippen LogP contribution in [0.15, 0.2) is 4.99 Å². The molecule has 2 atom stereocenters. The first-order valence-corrected chi connectivity index (χ1v) is 8.34. The normalized spacial score (nSPS) is 33.1. The van der Waals surface area contributed by atoms with E-state index in [-0.39, 0.29) is 28.7 Å². The van der Waals surface area contributed by atoms with E-state index in [9.17, 15) is 13.2 Å². The summed E-state index contributed by atoms with van der Waals surface area (Å²) >= 11 is 1.42. The molecule has 0 bridgehead atoms. The van der Waals surface area contributed by atoms with Crippen LogP contribution in [0, 0.1) is 0 Å². The number of carbonyl (C=O) groups is 1. The number of thioether (sulfide) groups is 1. The van der Waals surface area contributed by atoms with E-state index >= 15 is 0 Å². The molecule has 2 aliphatic rings. The third-order valence-corrected chi connectivity index (χ3v) is 6.31. The van der Waals surface area contributed by atoms with Crippen molar-refractivity contribution in [2.75, 3.05) is 18.6 Å². The molecule has 2 heterocycles. The average molecular weight is 276 g/mol. The molecule has 0 saturated carbocycles. The fraction of sp³-hybridized carbons (Fsp3) is 0.800. The van der Waals surface area contributed by atoms with Crippen molar-refractivity contribution in [2.45, 2.75) is 31.1 Å². The quantitative estimate of drug-likeness (QED) is 0.735. The van der Waals surface area contributed by atoms with E-state index in [0.717, 1.165) is 6.42 Å². The van der Waals surface area contributed by atoms with Crippen LogP contribution in [-0.2, 0) is 14.6 Å². The molecule has 2 aliphatic heterocycles. The Hall–Kier alpha value is -0.560. The van der Waals surface area contributed by atoms with Gasteiger partial charge in [0.15, 0.2) is 15.0 Å². The molecular weight excluding hydrogens is 260 g/mol. The fourth-order valence-electron chi connectivity index (χ4n) is 2.11. The monoisotopic (exact) mass is 276 g/mol. The van der Waals surface area contributed by atoms with Crippen LogP contribution in [-0.4, -0.2) is 54.2 Å². The van der Waals surface area contributed by atoms with E-state index in [4.69, 9.17) is 0 Å². The van der Waals surface area contributed by atoms with Gasteiger partial charge in [0.2, 0.25) is 5.91 Å². The van der Waals surface area contributed by atoms with Crippen molar-refractivity contribution in [2.24, 2.45) is 4.99 Å². The number of aliphatic imine (C=N–C) groups is 1. The third kappa shape index (κ3) is 2.65. The molecule has 0 radical (unpaired) electrons. The van der Waals surface area contributed by atoms with E-state index in [1.165, 1.54) is 11.8 Å². The number of amides is 1. The van der Waals surface area contributed by atoms with Crippen LogP contribution in [0.2, 0.25) is 0 Å². The van der Waals surface area contributed by atoms with Crippen LogP contribution < -0.4 is 0 Å². The molecule has 0 aliphatic carbocycles. The highest BCUT2D eigenvalue weighted by Crippen LogP contribution is 2.36. The van der Waals surface area contributed by atoms with Crippen molar-refractivity contribution in [3.63, 3.8) is 0 Å². The first kappa shape index (κ1) is 12.9. The summed E-state index contributed by atoms with van der Waals surface area (Å²) in [7, 11) is -1.09. The van der Waals surface area contributed by atoms with E-state index in [0.29, 0.717) is 11.6 Å². The highest BCUT2D eigenvalue weighted by atomic mass is 32.2. The topological polar surface area (TPSA) is 66.8 Å². The number of nitrogens with zero attached hydrogens (tertiary/aromatic N) is 2. The molecule has 96 valence electrons. The molecule has 2 fully saturated rings. The van der Waals surface area contributed by atoms with E-state index < -0.39 is 9.84 Å². The molecule has 0 N–H and O–H groups in total. The molecule has 0 spiro atoms. The van der Waals surface area contributed by atoms with Gasteiger partial charge in [0, 0.05) is 18.7 Å². The van der Waals surface area contributed by atoms with Gasteiger partial charge in [-0.15, -0.1) is 0 Å². The second-order valence-electron chi connectivity index (χ2n) is 4.45. The lowest BCUT2D eigenvalue weighted by atomic mass is 10.2. The summed E-state index contributed by atoms with van der Waals surface area (Å²) in [5.41, 5.74) is 0. The maximum absolute atomic E-state index is 11.5. The molecule has 17 heavy (non-hydrogen) atoms. The molecule has 5 nitrogen and oxygen atoms in total. The standard InChI is InChI=1S/C10H16N2O3S2/c1-3-4-9(13)11-10-12(2)7-5-17(14,15)6-8(7)16-10/h7-8H,3-6H2,1-2H3/t7-,8-/m0/s1. The maximum atomic E-state index is 11.5. The summed E-state index contributed by atoms with van der Waals surface area (Å²) in [5.74, 6) is 0.264. The van der Waals surface area contributed by atoms with Gasteiger partial charge in [-0.05, 0) is 6.42 Å². The summed E-state index contributed by atoms with van der Waals surface area (Å²) in [4.78, 5) is 17.3. The predicted octanol–water partition coefficient (Wildman–Crippen LogP) is 0.513. The Bertz CT molecular complexity index is 458. The second-order valence-corrected chi connectivity index (χ2v) is 7.81. The summed E-state index contributed by atoms with van der Waals surface area (Å²) in [6.07, 6.45) is 1.23. The Morgan fingerprint density at radius 2 is 2.24 bits per heavy atom. The summed E-state index contributed by atoms with van der Waals surface area (Å²) in [6, 6.07) is -0.0156. The zero-order chi connectivity index (χ0) is 12.6. The zero-order valence-corrected chi connectivity index (χ0v) is 11.6. The SMILES string of the molecule is CCCC(=O)N=C1S[C@H]2CS(=O)(=O)C[C@@H]2N1C. The number of fused-ring (bicyclic) bond motifs is 1. The van der Waals surface area contributed by atoms with Gasteiger partial charge >= 0.3 is 0 Å². The Morgan fingerprint density at radius 1 is 1.53 bits per heavy atom. The number of hydrogen-bond acceptors (Lipinski definition) is 4. The van der Waals surface area contributed by atoms with Gasteiger partial charge in [-0.2, -0.15) is 4.99 Å². The highest BCUT2D eigenvalue weighted by molar-refractivity contribution is 8.15. The molecule has 0 aromatic rings. The summed E-state index contributed by atoms with van der Waals surface area (Å²) in [6.45, 7) is 1.94. The molecule has 0 unspecified atom stereocenters. The summed E-state index contributed by atoms with van der Waals surface area (Å²) in [5, 5.41) is 0.714. The number of carbonyl (C=O) groups excluding carboxylic acids is 1. The smallest absolute Gasteiger partial charge is 0.248 e. The van der Waals surface area contributed by atoms with Crippen LogP contribution >= 0.6 is 11.8 Å². The number of rotatable bonds is 2. The van der Waals surface area contributed by atoms with Crippen molar-refractivity contribution < 1.29 is 13.2 Å². The zero-order valence-electron chi connectivity index (χ0n) is 9.92. The van der Waals surface area contributed by atoms with Gasteiger partial charge in [-0.3, -0.25) is 4.79 Å². The van der Waals surface area contributed by atoms with Crippen LogP contribution in [0.3, 0.4) is 0 Å². The minimum Gasteiger partial charge on any atom is -0.349 e. The Kier molecular flexibility index (Phi) is 3.49. The molecular formula is C10H16N2O3S2. The minimum absolute atomic E-state index is 0.0156. The minimum atomic E-state index is -2.90. The van der Waals surface area contributed by atoms with Crippen molar-refractivity contribution in [3.05, 3.63) is 0 Å². The second kappa shape index (κ2) is 4.61. The largest absolute Gasteiger partial charge is 0.349 e. The predicted molar refractivity (Wildman–Crippen MR) is 68.9 cm³/mol. The first-order valence-electron chi connectivity index (χ1n) is 5.64. The van der Waals surface area contributed by atoms with E-state index in [1.54, 1.807) is 0 Å². The maximum Gasteiger partial charge on any atom is 0.248 e. The number of amidine groups is 1. The van der Waals surface area contributed by atoms with Crippen LogP contribution in [0.5, 0.6) is 0 Å². The first-order chi connectivity index (χ1) is 7.93. The van der Waals surface area contributed by atoms with Crippen molar-refractivity contribution in [3.8, 4) is 0 Å². The molecule has 2 rings (SSSR count). The van der Waals surface area contributed by atoms with Gasteiger partial charge in [0.05, 0.1) is 17.5 Å². The van der Waals surface area contributed by atoms with Crippen LogP contribution in [0.25, 0.3) is 0 Å². The van der Waals surface area contributed by atoms with E-state index in [2.05, 4.69) is 4.99 Å². The lowest BCUT2D eigenvalue weighted by Gasteiger charge is -2.17. The lowest BCUT2D eigenvalue weighted by Crippen LogP contribution is -2.34. The average Bonchev–Trinajstić information content (AvgIpc) is 2.63. The fourth-order valence-corrected chi connectivity index (χ4v) is 6.13. The van der Waals surface area contributed by atoms with Gasteiger partial charge < -0.3 is 4.90 Å².